The van der Waals surface area contributed by atoms with Gasteiger partial charge in [0.05, 0.1) is 17.9 Å². The van der Waals surface area contributed by atoms with Gasteiger partial charge in [0.15, 0.2) is 0 Å². The second-order valence-corrected chi connectivity index (χ2v) is 4.48. The summed E-state index contributed by atoms with van der Waals surface area (Å²) in [4.78, 5) is 22.5. The van der Waals surface area contributed by atoms with Gasteiger partial charge in [0.25, 0.3) is 0 Å². The lowest BCUT2D eigenvalue weighted by atomic mass is 9.94. The first-order valence-corrected chi connectivity index (χ1v) is 6.47. The maximum Gasteiger partial charge on any atom is 0.334 e. The van der Waals surface area contributed by atoms with Gasteiger partial charge in [-0.15, -0.1) is 23.2 Å². The van der Waals surface area contributed by atoms with Crippen molar-refractivity contribution in [1.29, 1.82) is 0 Å². The van der Waals surface area contributed by atoms with E-state index in [1.54, 1.807) is 0 Å². The molecule has 0 aliphatic heterocycles. The molecule has 19 heavy (non-hydrogen) atoms. The number of aliphatic hydroxyl groups is 2. The highest BCUT2D eigenvalue weighted by Crippen LogP contribution is 2.18. The van der Waals surface area contributed by atoms with E-state index in [0.717, 1.165) is 0 Å². The number of carbonyl (C=O) groups excluding carboxylic acids is 1. The number of aliphatic hydroxyl groups excluding tert-OH is 2. The van der Waals surface area contributed by atoms with E-state index in [1.807, 2.05) is 0 Å². The molecule has 110 valence electrons. The molecule has 3 unspecified atom stereocenters. The molecular formula is C11H16Cl2O6. The first kappa shape index (κ1) is 18.2. The molecule has 0 heterocycles. The van der Waals surface area contributed by atoms with E-state index in [2.05, 4.69) is 11.3 Å². The highest BCUT2D eigenvalue weighted by Gasteiger charge is 2.29. The first-order chi connectivity index (χ1) is 8.83. The minimum absolute atomic E-state index is 0.118. The predicted octanol–water partition coefficient (Wildman–Crippen LogP) is 0.376. The Hall–Kier alpha value is -0.820. The van der Waals surface area contributed by atoms with E-state index in [1.165, 1.54) is 0 Å². The van der Waals surface area contributed by atoms with E-state index in [4.69, 9.17) is 33.4 Å². The van der Waals surface area contributed by atoms with Gasteiger partial charge in [-0.1, -0.05) is 6.58 Å². The normalized spacial score (nSPS) is 15.4. The Bertz CT molecular complexity index is 333. The van der Waals surface area contributed by atoms with Crippen LogP contribution in [0.3, 0.4) is 0 Å². The van der Waals surface area contributed by atoms with E-state index < -0.39 is 30.1 Å². The maximum absolute atomic E-state index is 11.5. The fourth-order valence-electron chi connectivity index (χ4n) is 1.18. The van der Waals surface area contributed by atoms with Crippen molar-refractivity contribution < 1.29 is 29.6 Å². The largest absolute Gasteiger partial charge is 0.481 e. The minimum Gasteiger partial charge on any atom is -0.481 e. The number of carboxylic acids is 1. The van der Waals surface area contributed by atoms with Crippen LogP contribution in [0.15, 0.2) is 12.2 Å². The number of rotatable bonds is 9. The number of carboxylic acid groups (broad SMARTS) is 1. The summed E-state index contributed by atoms with van der Waals surface area (Å²) in [6.07, 6.45) is -2.35. The molecule has 0 spiro atoms. The van der Waals surface area contributed by atoms with Crippen molar-refractivity contribution in [3.63, 3.8) is 0 Å². The van der Waals surface area contributed by atoms with Crippen LogP contribution in [-0.4, -0.2) is 57.8 Å². The average molecular weight is 315 g/mol. The third kappa shape index (κ3) is 6.77. The summed E-state index contributed by atoms with van der Waals surface area (Å²) in [5, 5.41) is 27.4. The predicted molar refractivity (Wildman–Crippen MR) is 69.3 cm³/mol. The number of hydrogen-bond donors (Lipinski definition) is 3. The van der Waals surface area contributed by atoms with Crippen LogP contribution >= 0.6 is 23.2 Å². The third-order valence-corrected chi connectivity index (χ3v) is 2.96. The van der Waals surface area contributed by atoms with Gasteiger partial charge in [-0.2, -0.15) is 0 Å². The Morgan fingerprint density at radius 1 is 1.16 bits per heavy atom. The summed E-state index contributed by atoms with van der Waals surface area (Å²) in [6.45, 7) is 2.99. The van der Waals surface area contributed by atoms with Crippen LogP contribution in [0.5, 0.6) is 0 Å². The lowest BCUT2D eigenvalue weighted by Crippen LogP contribution is -2.29. The van der Waals surface area contributed by atoms with Gasteiger partial charge in [0.1, 0.15) is 12.7 Å². The van der Waals surface area contributed by atoms with Crippen molar-refractivity contribution in [3.05, 3.63) is 12.2 Å². The molecule has 0 aliphatic rings. The molecule has 0 aromatic rings. The fourth-order valence-corrected chi connectivity index (χ4v) is 1.39. The molecule has 8 heteroatoms. The van der Waals surface area contributed by atoms with Crippen molar-refractivity contribution in [3.8, 4) is 0 Å². The molecule has 0 amide bonds. The van der Waals surface area contributed by atoms with Gasteiger partial charge in [0, 0.05) is 11.5 Å². The summed E-state index contributed by atoms with van der Waals surface area (Å²) in [6, 6.07) is 0. The van der Waals surface area contributed by atoms with Crippen LogP contribution in [0.4, 0.5) is 0 Å². The van der Waals surface area contributed by atoms with Crippen molar-refractivity contribution in [2.75, 3.05) is 18.4 Å². The standard InChI is InChI=1S/C11H16Cl2O6/c1-6(11(18)19-5-8(15)4-13)9(10(16)17)2-7(14)3-12/h7-9,14-15H,1-5H2,(H,16,17). The first-order valence-electron chi connectivity index (χ1n) is 5.40. The van der Waals surface area contributed by atoms with Crippen molar-refractivity contribution in [2.24, 2.45) is 5.92 Å². The SMILES string of the molecule is C=C(C(=O)OCC(O)CCl)C(CC(O)CCl)C(=O)O. The Balaban J connectivity index is 4.54. The molecule has 0 saturated carbocycles. The number of ether oxygens (including phenoxy) is 1. The van der Waals surface area contributed by atoms with Gasteiger partial charge in [-0.3, -0.25) is 4.79 Å². The van der Waals surface area contributed by atoms with Crippen molar-refractivity contribution in [1.82, 2.24) is 0 Å². The van der Waals surface area contributed by atoms with Crippen LogP contribution < -0.4 is 0 Å². The second-order valence-electron chi connectivity index (χ2n) is 3.87. The van der Waals surface area contributed by atoms with Gasteiger partial charge in [-0.05, 0) is 6.42 Å². The number of carbonyl (C=O) groups is 2. The molecule has 0 aromatic heterocycles. The Morgan fingerprint density at radius 3 is 2.11 bits per heavy atom. The summed E-state index contributed by atoms with van der Waals surface area (Å²) < 4.78 is 4.65. The molecule has 0 fully saturated rings. The van der Waals surface area contributed by atoms with Gasteiger partial charge >= 0.3 is 11.9 Å². The Morgan fingerprint density at radius 2 is 1.68 bits per heavy atom. The highest BCUT2D eigenvalue weighted by molar-refractivity contribution is 6.18. The molecule has 0 rings (SSSR count). The molecule has 0 aromatic carbocycles. The zero-order valence-corrected chi connectivity index (χ0v) is 11.6. The summed E-state index contributed by atoms with van der Waals surface area (Å²) >= 11 is 10.7. The monoisotopic (exact) mass is 314 g/mol. The summed E-state index contributed by atoms with van der Waals surface area (Å²) in [5.41, 5.74) is -0.321. The smallest absolute Gasteiger partial charge is 0.334 e. The third-order valence-electron chi connectivity index (χ3n) is 2.25. The quantitative estimate of drug-likeness (QED) is 0.323. The van der Waals surface area contributed by atoms with Crippen LogP contribution in [-0.2, 0) is 14.3 Å². The van der Waals surface area contributed by atoms with Crippen molar-refractivity contribution in [2.45, 2.75) is 18.6 Å². The second kappa shape index (κ2) is 9.14. The van der Waals surface area contributed by atoms with Crippen molar-refractivity contribution >= 4 is 35.1 Å². The highest BCUT2D eigenvalue weighted by atomic mass is 35.5. The molecule has 3 atom stereocenters. The minimum atomic E-state index is -1.32. The molecule has 6 nitrogen and oxygen atoms in total. The number of esters is 1. The van der Waals surface area contributed by atoms with Gasteiger partial charge < -0.3 is 20.1 Å². The number of halogens is 2. The average Bonchev–Trinajstić information content (AvgIpc) is 2.39. The van der Waals surface area contributed by atoms with Gasteiger partial charge in [-0.25, -0.2) is 4.79 Å². The van der Waals surface area contributed by atoms with E-state index in [9.17, 15) is 14.7 Å². The van der Waals surface area contributed by atoms with Crippen LogP contribution in [0, 0.1) is 5.92 Å². The molecule has 0 bridgehead atoms. The molecule has 0 radical (unpaired) electrons. The molecular weight excluding hydrogens is 299 g/mol. The van der Waals surface area contributed by atoms with E-state index >= 15 is 0 Å². The number of hydrogen-bond acceptors (Lipinski definition) is 5. The summed E-state index contributed by atoms with van der Waals surface area (Å²) in [7, 11) is 0. The Labute approximate surface area is 120 Å². The van der Waals surface area contributed by atoms with Crippen LogP contribution in [0.2, 0.25) is 0 Å². The number of aliphatic carboxylic acids is 1. The molecule has 0 aliphatic carbocycles. The fraction of sp³-hybridized carbons (Fsp3) is 0.636. The lowest BCUT2D eigenvalue weighted by Gasteiger charge is -2.17. The van der Waals surface area contributed by atoms with Gasteiger partial charge in [0.2, 0.25) is 0 Å². The molecule has 0 saturated heterocycles. The van der Waals surface area contributed by atoms with Crippen LogP contribution in [0.25, 0.3) is 0 Å². The Kier molecular flexibility index (Phi) is 8.75. The number of alkyl halides is 2. The molecule has 3 N–H and O–H groups in total. The van der Waals surface area contributed by atoms with E-state index in [0.29, 0.717) is 0 Å². The lowest BCUT2D eigenvalue weighted by molar-refractivity contribution is -0.148. The zero-order valence-electron chi connectivity index (χ0n) is 10.1. The summed E-state index contributed by atoms with van der Waals surface area (Å²) in [5.74, 6) is -3.85. The van der Waals surface area contributed by atoms with E-state index in [-0.39, 0.29) is 30.4 Å². The maximum atomic E-state index is 11.5. The zero-order chi connectivity index (χ0) is 15.0. The van der Waals surface area contributed by atoms with Crippen LogP contribution in [0.1, 0.15) is 6.42 Å². The topological polar surface area (TPSA) is 104 Å².